The highest BCUT2D eigenvalue weighted by Gasteiger charge is 2.33. The normalized spacial score (nSPS) is 21.2. The van der Waals surface area contributed by atoms with Gasteiger partial charge in [0.2, 0.25) is 5.91 Å². The maximum absolute atomic E-state index is 12.9. The molecule has 0 radical (unpaired) electrons. The molecule has 4 rings (SSSR count). The average Bonchev–Trinajstić information content (AvgIpc) is 3.06. The molecular weight excluding hydrogens is 286 g/mol. The Bertz CT molecular complexity index is 676. The molecule has 1 aromatic heterocycles. The fourth-order valence-electron chi connectivity index (χ4n) is 3.95. The first-order valence-electron chi connectivity index (χ1n) is 8.43. The van der Waals surface area contributed by atoms with E-state index in [1.807, 2.05) is 6.07 Å². The summed E-state index contributed by atoms with van der Waals surface area (Å²) in [5, 5.41) is 0. The van der Waals surface area contributed by atoms with Crippen molar-refractivity contribution in [3.63, 3.8) is 0 Å². The van der Waals surface area contributed by atoms with Crippen LogP contribution in [0.25, 0.3) is 0 Å². The Hall–Kier alpha value is -2.23. The molecule has 1 aliphatic heterocycles. The molecule has 4 heteroatoms. The predicted molar refractivity (Wildman–Crippen MR) is 87.9 cm³/mol. The Morgan fingerprint density at radius 1 is 1.13 bits per heavy atom. The van der Waals surface area contributed by atoms with Crippen molar-refractivity contribution in [2.24, 2.45) is 5.92 Å². The van der Waals surface area contributed by atoms with Crippen LogP contribution in [-0.2, 0) is 17.6 Å². The summed E-state index contributed by atoms with van der Waals surface area (Å²) in [5.41, 5.74) is 3.75. The molecule has 2 heterocycles. The summed E-state index contributed by atoms with van der Waals surface area (Å²) in [6.45, 7) is 1.68. The van der Waals surface area contributed by atoms with Crippen LogP contribution < -0.4 is 0 Å². The van der Waals surface area contributed by atoms with Gasteiger partial charge >= 0.3 is 0 Å². The number of benzene rings is 1. The minimum Gasteiger partial charge on any atom is -0.342 e. The van der Waals surface area contributed by atoms with E-state index in [2.05, 4.69) is 39.1 Å². The lowest BCUT2D eigenvalue weighted by Gasteiger charge is -2.34. The van der Waals surface area contributed by atoms with E-state index in [1.54, 1.807) is 12.5 Å². The van der Waals surface area contributed by atoms with Gasteiger partial charge < -0.3 is 4.90 Å². The van der Waals surface area contributed by atoms with Gasteiger partial charge in [0, 0.05) is 36.8 Å². The van der Waals surface area contributed by atoms with Gasteiger partial charge in [0.1, 0.15) is 6.33 Å². The van der Waals surface area contributed by atoms with Gasteiger partial charge in [-0.05, 0) is 42.9 Å². The average molecular weight is 307 g/mol. The summed E-state index contributed by atoms with van der Waals surface area (Å²) in [6, 6.07) is 10.4. The van der Waals surface area contributed by atoms with E-state index in [-0.39, 0.29) is 5.92 Å². The van der Waals surface area contributed by atoms with Crippen molar-refractivity contribution in [1.29, 1.82) is 0 Å². The number of fused-ring (bicyclic) bond motifs is 1. The zero-order valence-electron chi connectivity index (χ0n) is 13.2. The molecule has 0 spiro atoms. The minimum absolute atomic E-state index is 0.122. The van der Waals surface area contributed by atoms with E-state index in [9.17, 15) is 4.79 Å². The molecule has 1 aliphatic carbocycles. The predicted octanol–water partition coefficient (Wildman–Crippen LogP) is 2.60. The molecule has 1 unspecified atom stereocenters. The zero-order chi connectivity index (χ0) is 15.6. The van der Waals surface area contributed by atoms with Crippen LogP contribution in [0.3, 0.4) is 0 Å². The Morgan fingerprint density at radius 2 is 1.91 bits per heavy atom. The molecule has 1 amide bonds. The van der Waals surface area contributed by atoms with Crippen LogP contribution in [0.5, 0.6) is 0 Å². The van der Waals surface area contributed by atoms with E-state index in [4.69, 9.17) is 0 Å². The lowest BCUT2D eigenvalue weighted by Crippen LogP contribution is -2.42. The molecule has 4 nitrogen and oxygen atoms in total. The number of amides is 1. The number of carbonyl (C=O) groups is 1. The third kappa shape index (κ3) is 2.85. The molecule has 1 aromatic carbocycles. The van der Waals surface area contributed by atoms with E-state index in [1.165, 1.54) is 11.1 Å². The van der Waals surface area contributed by atoms with Crippen LogP contribution in [0.2, 0.25) is 0 Å². The second-order valence-electron chi connectivity index (χ2n) is 6.63. The molecule has 0 bridgehead atoms. The van der Waals surface area contributed by atoms with Gasteiger partial charge in [-0.2, -0.15) is 0 Å². The summed E-state index contributed by atoms with van der Waals surface area (Å²) in [5.74, 6) is 0.788. The second kappa shape index (κ2) is 6.11. The molecule has 2 aromatic rings. The van der Waals surface area contributed by atoms with Gasteiger partial charge in [-0.15, -0.1) is 0 Å². The first kappa shape index (κ1) is 14.4. The van der Waals surface area contributed by atoms with Crippen LogP contribution in [0, 0.1) is 5.92 Å². The minimum atomic E-state index is 0.122. The van der Waals surface area contributed by atoms with Gasteiger partial charge in [0.25, 0.3) is 0 Å². The number of hydrogen-bond donors (Lipinski definition) is 0. The molecular formula is C19H21N3O. The molecule has 1 saturated heterocycles. The SMILES string of the molecule is O=C(C1Cc2ccccc2C1)N1CCCC(c2ccncn2)C1. The van der Waals surface area contributed by atoms with Crippen molar-refractivity contribution in [3.05, 3.63) is 59.7 Å². The van der Waals surface area contributed by atoms with Crippen LogP contribution in [0.4, 0.5) is 0 Å². The van der Waals surface area contributed by atoms with E-state index < -0.39 is 0 Å². The number of carbonyl (C=O) groups excluding carboxylic acids is 1. The Kier molecular flexibility index (Phi) is 3.82. The molecule has 118 valence electrons. The fraction of sp³-hybridized carbons (Fsp3) is 0.421. The van der Waals surface area contributed by atoms with Gasteiger partial charge in [-0.25, -0.2) is 9.97 Å². The quantitative estimate of drug-likeness (QED) is 0.857. The van der Waals surface area contributed by atoms with E-state index in [0.29, 0.717) is 11.8 Å². The fourth-order valence-corrected chi connectivity index (χ4v) is 3.95. The Balaban J connectivity index is 1.45. The highest BCUT2D eigenvalue weighted by Crippen LogP contribution is 2.31. The third-order valence-corrected chi connectivity index (χ3v) is 5.16. The van der Waals surface area contributed by atoms with Crippen molar-refractivity contribution < 1.29 is 4.79 Å². The largest absolute Gasteiger partial charge is 0.342 e. The lowest BCUT2D eigenvalue weighted by atomic mass is 9.93. The lowest BCUT2D eigenvalue weighted by molar-refractivity contribution is -0.136. The maximum Gasteiger partial charge on any atom is 0.226 e. The Labute approximate surface area is 136 Å². The number of aromatic nitrogens is 2. The van der Waals surface area contributed by atoms with Crippen molar-refractivity contribution >= 4 is 5.91 Å². The standard InChI is InChI=1S/C19H21N3O/c23-19(17-10-14-4-1-2-5-15(14)11-17)22-9-3-6-16(12-22)18-7-8-20-13-21-18/h1-2,4-5,7-8,13,16-17H,3,6,9-12H2. The molecule has 0 saturated carbocycles. The van der Waals surface area contributed by atoms with Gasteiger partial charge in [0.05, 0.1) is 0 Å². The van der Waals surface area contributed by atoms with Crippen LogP contribution >= 0.6 is 0 Å². The maximum atomic E-state index is 12.9. The van der Waals surface area contributed by atoms with Crippen molar-refractivity contribution in [2.45, 2.75) is 31.6 Å². The first-order valence-corrected chi connectivity index (χ1v) is 8.43. The zero-order valence-corrected chi connectivity index (χ0v) is 13.2. The van der Waals surface area contributed by atoms with Gasteiger partial charge in [-0.1, -0.05) is 24.3 Å². The topological polar surface area (TPSA) is 46.1 Å². The summed E-state index contributed by atoms with van der Waals surface area (Å²) in [6.07, 6.45) is 7.33. The van der Waals surface area contributed by atoms with Crippen molar-refractivity contribution in [2.75, 3.05) is 13.1 Å². The molecule has 0 N–H and O–H groups in total. The van der Waals surface area contributed by atoms with Crippen LogP contribution in [-0.4, -0.2) is 33.9 Å². The molecule has 23 heavy (non-hydrogen) atoms. The van der Waals surface area contributed by atoms with Gasteiger partial charge in [-0.3, -0.25) is 4.79 Å². The number of hydrogen-bond acceptors (Lipinski definition) is 3. The van der Waals surface area contributed by atoms with Crippen molar-refractivity contribution in [3.8, 4) is 0 Å². The van der Waals surface area contributed by atoms with Gasteiger partial charge in [0.15, 0.2) is 0 Å². The number of rotatable bonds is 2. The number of nitrogens with zero attached hydrogens (tertiary/aromatic N) is 3. The first-order chi connectivity index (χ1) is 11.3. The highest BCUT2D eigenvalue weighted by atomic mass is 16.2. The van der Waals surface area contributed by atoms with Crippen LogP contribution in [0.1, 0.15) is 35.6 Å². The number of piperidine rings is 1. The van der Waals surface area contributed by atoms with Crippen molar-refractivity contribution in [1.82, 2.24) is 14.9 Å². The third-order valence-electron chi connectivity index (χ3n) is 5.16. The van der Waals surface area contributed by atoms with E-state index in [0.717, 1.165) is 44.5 Å². The summed E-state index contributed by atoms with van der Waals surface area (Å²) >= 11 is 0. The Morgan fingerprint density at radius 3 is 2.61 bits per heavy atom. The summed E-state index contributed by atoms with van der Waals surface area (Å²) in [7, 11) is 0. The van der Waals surface area contributed by atoms with E-state index >= 15 is 0 Å². The molecule has 1 fully saturated rings. The highest BCUT2D eigenvalue weighted by molar-refractivity contribution is 5.80. The monoisotopic (exact) mass is 307 g/mol. The summed E-state index contributed by atoms with van der Waals surface area (Å²) < 4.78 is 0. The molecule has 1 atom stereocenters. The van der Waals surface area contributed by atoms with Crippen LogP contribution in [0.15, 0.2) is 42.9 Å². The number of likely N-dealkylation sites (tertiary alicyclic amines) is 1. The smallest absolute Gasteiger partial charge is 0.226 e. The second-order valence-corrected chi connectivity index (χ2v) is 6.63. The molecule has 2 aliphatic rings. The summed E-state index contributed by atoms with van der Waals surface area (Å²) in [4.78, 5) is 23.4.